The molecule has 1 N–H and O–H groups in total. The molecule has 1 unspecified atom stereocenters. The molecule has 30 heavy (non-hydrogen) atoms. The van der Waals surface area contributed by atoms with Crippen molar-refractivity contribution in [2.45, 2.75) is 30.8 Å². The Morgan fingerprint density at radius 2 is 2.00 bits per heavy atom. The molecule has 2 heterocycles. The van der Waals surface area contributed by atoms with Gasteiger partial charge in [0.05, 0.1) is 15.1 Å². The number of fused-ring (bicyclic) bond motifs is 1. The zero-order valence-corrected chi connectivity index (χ0v) is 18.6. The van der Waals surface area contributed by atoms with Crippen molar-refractivity contribution in [3.8, 4) is 5.75 Å². The van der Waals surface area contributed by atoms with E-state index in [9.17, 15) is 13.2 Å². The summed E-state index contributed by atoms with van der Waals surface area (Å²) < 4.78 is 33.3. The van der Waals surface area contributed by atoms with Crippen LogP contribution in [-0.4, -0.2) is 42.8 Å². The number of thiazole rings is 1. The van der Waals surface area contributed by atoms with Crippen molar-refractivity contribution in [3.05, 3.63) is 47.5 Å². The Morgan fingerprint density at radius 3 is 2.73 bits per heavy atom. The SMILES string of the molecule is CC(Oc1cccc(Cl)c1)C(=O)Nc1nc2ccc(S(=O)(=O)N3CCCC3)cc2s1. The normalized spacial score (nSPS) is 15.9. The minimum atomic E-state index is -3.50. The molecule has 0 spiro atoms. The van der Waals surface area contributed by atoms with E-state index in [4.69, 9.17) is 16.3 Å². The van der Waals surface area contributed by atoms with Gasteiger partial charge in [0.15, 0.2) is 11.2 Å². The Morgan fingerprint density at radius 1 is 1.23 bits per heavy atom. The van der Waals surface area contributed by atoms with E-state index in [1.165, 1.54) is 15.6 Å². The van der Waals surface area contributed by atoms with Crippen LogP contribution in [0.4, 0.5) is 5.13 Å². The van der Waals surface area contributed by atoms with E-state index in [2.05, 4.69) is 10.3 Å². The second kappa shape index (κ2) is 8.50. The lowest BCUT2D eigenvalue weighted by atomic mass is 10.3. The summed E-state index contributed by atoms with van der Waals surface area (Å²) in [7, 11) is -3.50. The van der Waals surface area contributed by atoms with Gasteiger partial charge in [-0.25, -0.2) is 13.4 Å². The van der Waals surface area contributed by atoms with Crippen LogP contribution >= 0.6 is 22.9 Å². The Hall–Kier alpha value is -2.20. The molecule has 1 aromatic heterocycles. The number of rotatable bonds is 6. The number of benzene rings is 2. The van der Waals surface area contributed by atoms with Gasteiger partial charge in [0, 0.05) is 18.1 Å². The van der Waals surface area contributed by atoms with E-state index in [-0.39, 0.29) is 10.8 Å². The predicted molar refractivity (Wildman–Crippen MR) is 118 cm³/mol. The van der Waals surface area contributed by atoms with Gasteiger partial charge in [0.2, 0.25) is 10.0 Å². The van der Waals surface area contributed by atoms with Crippen molar-refractivity contribution in [1.82, 2.24) is 9.29 Å². The predicted octanol–water partition coefficient (Wildman–Crippen LogP) is 4.14. The first-order chi connectivity index (χ1) is 14.3. The Balaban J connectivity index is 1.49. The van der Waals surface area contributed by atoms with Crippen molar-refractivity contribution in [2.75, 3.05) is 18.4 Å². The quantitative estimate of drug-likeness (QED) is 0.591. The number of aromatic nitrogens is 1. The highest BCUT2D eigenvalue weighted by Gasteiger charge is 2.27. The molecular weight excluding hydrogens is 446 g/mol. The van der Waals surface area contributed by atoms with Crippen molar-refractivity contribution in [1.29, 1.82) is 0 Å². The van der Waals surface area contributed by atoms with E-state index < -0.39 is 16.1 Å². The number of nitrogens with one attached hydrogen (secondary N) is 1. The van der Waals surface area contributed by atoms with E-state index in [1.807, 2.05) is 0 Å². The van der Waals surface area contributed by atoms with Crippen molar-refractivity contribution < 1.29 is 17.9 Å². The van der Waals surface area contributed by atoms with Crippen LogP contribution in [0.15, 0.2) is 47.4 Å². The van der Waals surface area contributed by atoms with Gasteiger partial charge in [-0.15, -0.1) is 0 Å². The van der Waals surface area contributed by atoms with Crippen LogP contribution in [0.25, 0.3) is 10.2 Å². The molecule has 1 atom stereocenters. The number of sulfonamides is 1. The summed E-state index contributed by atoms with van der Waals surface area (Å²) in [6.07, 6.45) is 1.00. The summed E-state index contributed by atoms with van der Waals surface area (Å²) in [5.41, 5.74) is 0.624. The number of hydrogen-bond acceptors (Lipinski definition) is 6. The number of anilines is 1. The molecule has 0 radical (unpaired) electrons. The summed E-state index contributed by atoms with van der Waals surface area (Å²) in [4.78, 5) is 17.1. The van der Waals surface area contributed by atoms with E-state index in [0.717, 1.165) is 12.8 Å². The van der Waals surface area contributed by atoms with Gasteiger partial charge < -0.3 is 4.74 Å². The molecule has 7 nitrogen and oxygen atoms in total. The molecule has 1 saturated heterocycles. The van der Waals surface area contributed by atoms with Crippen molar-refractivity contribution in [2.24, 2.45) is 0 Å². The summed E-state index contributed by atoms with van der Waals surface area (Å²) in [6, 6.07) is 11.6. The lowest BCUT2D eigenvalue weighted by Crippen LogP contribution is -2.30. The maximum atomic E-state index is 12.8. The number of carbonyl (C=O) groups excluding carboxylic acids is 1. The van der Waals surface area contributed by atoms with Crippen LogP contribution in [0.2, 0.25) is 5.02 Å². The lowest BCUT2D eigenvalue weighted by Gasteiger charge is -2.15. The molecule has 0 saturated carbocycles. The first kappa shape index (κ1) is 21.0. The Bertz CT molecular complexity index is 1190. The molecule has 0 bridgehead atoms. The molecule has 10 heteroatoms. The van der Waals surface area contributed by atoms with Crippen LogP contribution < -0.4 is 10.1 Å². The van der Waals surface area contributed by atoms with Gasteiger partial charge in [-0.2, -0.15) is 4.31 Å². The third-order valence-electron chi connectivity index (χ3n) is 4.77. The van der Waals surface area contributed by atoms with Gasteiger partial charge in [-0.3, -0.25) is 10.1 Å². The van der Waals surface area contributed by atoms with Gasteiger partial charge in [0.25, 0.3) is 5.91 Å². The zero-order chi connectivity index (χ0) is 21.3. The first-order valence-electron chi connectivity index (χ1n) is 9.47. The van der Waals surface area contributed by atoms with Gasteiger partial charge in [-0.05, 0) is 56.2 Å². The van der Waals surface area contributed by atoms with E-state index in [1.54, 1.807) is 49.4 Å². The van der Waals surface area contributed by atoms with Crippen molar-refractivity contribution >= 4 is 54.2 Å². The van der Waals surface area contributed by atoms with Crippen LogP contribution in [0.3, 0.4) is 0 Å². The van der Waals surface area contributed by atoms with Crippen molar-refractivity contribution in [3.63, 3.8) is 0 Å². The molecule has 0 aliphatic carbocycles. The second-order valence-electron chi connectivity index (χ2n) is 6.97. The third kappa shape index (κ3) is 4.44. The lowest BCUT2D eigenvalue weighted by molar-refractivity contribution is -0.122. The zero-order valence-electron chi connectivity index (χ0n) is 16.2. The minimum Gasteiger partial charge on any atom is -0.481 e. The molecule has 1 amide bonds. The monoisotopic (exact) mass is 465 g/mol. The molecule has 4 rings (SSSR count). The standard InChI is InChI=1S/C20H20ClN3O4S2/c1-13(28-15-6-4-5-14(21)11-15)19(25)23-20-22-17-8-7-16(12-18(17)29-20)30(26,27)24-9-2-3-10-24/h4-8,11-13H,2-3,9-10H2,1H3,(H,22,23,25). The largest absolute Gasteiger partial charge is 0.481 e. The van der Waals surface area contributed by atoms with Gasteiger partial charge in [-0.1, -0.05) is 29.0 Å². The fourth-order valence-corrected chi connectivity index (χ4v) is 5.91. The number of nitrogens with zero attached hydrogens (tertiary/aromatic N) is 2. The number of carbonyl (C=O) groups is 1. The first-order valence-corrected chi connectivity index (χ1v) is 12.1. The number of ether oxygens (including phenoxy) is 1. The fraction of sp³-hybridized carbons (Fsp3) is 0.300. The number of amides is 1. The van der Waals surface area contributed by atoms with Gasteiger partial charge in [0.1, 0.15) is 5.75 Å². The highest BCUT2D eigenvalue weighted by molar-refractivity contribution is 7.89. The summed E-state index contributed by atoms with van der Waals surface area (Å²) >= 11 is 7.16. The molecular formula is C20H20ClN3O4S2. The second-order valence-corrected chi connectivity index (χ2v) is 10.4. The topological polar surface area (TPSA) is 88.6 Å². The fourth-order valence-electron chi connectivity index (χ4n) is 3.20. The van der Waals surface area contributed by atoms with Crippen LogP contribution in [0.1, 0.15) is 19.8 Å². The van der Waals surface area contributed by atoms with E-state index >= 15 is 0 Å². The number of halogens is 1. The van der Waals surface area contributed by atoms with Crippen LogP contribution in [-0.2, 0) is 14.8 Å². The average molecular weight is 466 g/mol. The molecule has 1 aliphatic rings. The molecule has 1 fully saturated rings. The maximum Gasteiger partial charge on any atom is 0.266 e. The Kier molecular flexibility index (Phi) is 5.97. The Labute approximate surface area is 183 Å². The van der Waals surface area contributed by atoms with Gasteiger partial charge >= 0.3 is 0 Å². The molecule has 2 aromatic carbocycles. The molecule has 158 valence electrons. The van der Waals surface area contributed by atoms with Crippen LogP contribution in [0.5, 0.6) is 5.75 Å². The summed E-state index contributed by atoms with van der Waals surface area (Å²) in [6.45, 7) is 2.73. The summed E-state index contributed by atoms with van der Waals surface area (Å²) in [5.74, 6) is 0.130. The average Bonchev–Trinajstić information content (AvgIpc) is 3.37. The molecule has 3 aromatic rings. The third-order valence-corrected chi connectivity index (χ3v) is 7.83. The molecule has 1 aliphatic heterocycles. The summed E-state index contributed by atoms with van der Waals surface area (Å²) in [5, 5.41) is 3.63. The highest BCUT2D eigenvalue weighted by Crippen LogP contribution is 2.30. The minimum absolute atomic E-state index is 0.246. The number of hydrogen-bond donors (Lipinski definition) is 1. The van der Waals surface area contributed by atoms with E-state index in [0.29, 0.717) is 39.2 Å². The maximum absolute atomic E-state index is 12.8. The smallest absolute Gasteiger partial charge is 0.266 e. The van der Waals surface area contributed by atoms with Crippen LogP contribution in [0, 0.1) is 0 Å². The highest BCUT2D eigenvalue weighted by atomic mass is 35.5.